The first-order chi connectivity index (χ1) is 13.5. The van der Waals surface area contributed by atoms with Crippen molar-refractivity contribution in [1.29, 1.82) is 0 Å². The van der Waals surface area contributed by atoms with Gasteiger partial charge in [-0.3, -0.25) is 4.79 Å². The summed E-state index contributed by atoms with van der Waals surface area (Å²) >= 11 is 5.71. The van der Waals surface area contributed by atoms with E-state index in [0.717, 1.165) is 37.7 Å². The number of nitrogens with zero attached hydrogens (tertiary/aromatic N) is 2. The normalized spacial score (nSPS) is 14.5. The van der Waals surface area contributed by atoms with Gasteiger partial charge in [0.2, 0.25) is 0 Å². The zero-order valence-electron chi connectivity index (χ0n) is 15.4. The summed E-state index contributed by atoms with van der Waals surface area (Å²) in [6, 6.07) is 9.19. The van der Waals surface area contributed by atoms with Crippen LogP contribution in [0.1, 0.15) is 48.0 Å². The van der Waals surface area contributed by atoms with Crippen LogP contribution in [0.25, 0.3) is 0 Å². The highest BCUT2D eigenvalue weighted by molar-refractivity contribution is 6.29. The highest BCUT2D eigenvalue weighted by Gasteiger charge is 2.26. The lowest BCUT2D eigenvalue weighted by atomic mass is 9.93. The van der Waals surface area contributed by atoms with Gasteiger partial charge in [0, 0.05) is 18.8 Å². The molecule has 1 amide bonds. The van der Waals surface area contributed by atoms with Crippen molar-refractivity contribution in [3.05, 3.63) is 64.7 Å². The molecule has 0 bridgehead atoms. The molecule has 1 heterocycles. The first-order valence-corrected chi connectivity index (χ1v) is 9.73. The molecule has 1 fully saturated rings. The van der Waals surface area contributed by atoms with E-state index < -0.39 is 5.97 Å². The number of carbonyl (C=O) groups is 2. The third-order valence-corrected chi connectivity index (χ3v) is 5.12. The monoisotopic (exact) mass is 404 g/mol. The van der Waals surface area contributed by atoms with Gasteiger partial charge in [-0.2, -0.15) is 0 Å². The maximum absolute atomic E-state index is 13.2. The molecule has 0 aliphatic heterocycles. The van der Waals surface area contributed by atoms with Gasteiger partial charge in [0.1, 0.15) is 11.0 Å². The van der Waals surface area contributed by atoms with Gasteiger partial charge in [-0.15, -0.1) is 0 Å². The molecular formula is C21H22ClFN2O3. The molecule has 3 rings (SSSR count). The molecular weight excluding hydrogens is 383 g/mol. The second-order valence-corrected chi connectivity index (χ2v) is 7.27. The molecule has 0 unspecified atom stereocenters. The van der Waals surface area contributed by atoms with Crippen molar-refractivity contribution >= 4 is 23.5 Å². The van der Waals surface area contributed by atoms with E-state index in [4.69, 9.17) is 16.3 Å². The predicted molar refractivity (Wildman–Crippen MR) is 103 cm³/mol. The highest BCUT2D eigenvalue weighted by Crippen LogP contribution is 2.24. The molecule has 7 heteroatoms. The fourth-order valence-corrected chi connectivity index (χ4v) is 3.50. The van der Waals surface area contributed by atoms with E-state index in [1.165, 1.54) is 30.5 Å². The van der Waals surface area contributed by atoms with Crippen molar-refractivity contribution in [2.75, 3.05) is 6.61 Å². The standard InChI is InChI=1S/C21H22ClFN2O3/c22-19-11-8-16(12-24-19)21(27)28-14-20(26)25(18-4-2-1-3-5-18)13-15-6-9-17(23)10-7-15/h6-12,18H,1-5,13-14H2. The summed E-state index contributed by atoms with van der Waals surface area (Å²) in [6.07, 6.45) is 6.44. The number of amides is 1. The lowest BCUT2D eigenvalue weighted by molar-refractivity contribution is -0.138. The van der Waals surface area contributed by atoms with Gasteiger partial charge < -0.3 is 9.64 Å². The molecule has 0 spiro atoms. The molecule has 2 aromatic rings. The largest absolute Gasteiger partial charge is 0.452 e. The highest BCUT2D eigenvalue weighted by atomic mass is 35.5. The Morgan fingerprint density at radius 2 is 1.82 bits per heavy atom. The summed E-state index contributed by atoms with van der Waals surface area (Å²) in [5, 5.41) is 0.274. The molecule has 5 nitrogen and oxygen atoms in total. The Morgan fingerprint density at radius 3 is 2.46 bits per heavy atom. The zero-order chi connectivity index (χ0) is 19.9. The fourth-order valence-electron chi connectivity index (χ4n) is 3.39. The van der Waals surface area contributed by atoms with Crippen molar-refractivity contribution in [3.63, 3.8) is 0 Å². The molecule has 0 atom stereocenters. The van der Waals surface area contributed by atoms with Crippen LogP contribution >= 0.6 is 11.6 Å². The summed E-state index contributed by atoms with van der Waals surface area (Å²) in [5.41, 5.74) is 1.08. The second-order valence-electron chi connectivity index (χ2n) is 6.89. The zero-order valence-corrected chi connectivity index (χ0v) is 16.2. The number of aromatic nitrogens is 1. The van der Waals surface area contributed by atoms with E-state index in [-0.39, 0.29) is 35.1 Å². The average Bonchev–Trinajstić information content (AvgIpc) is 2.72. The summed E-state index contributed by atoms with van der Waals surface area (Å²) in [6.45, 7) is 0.0169. The topological polar surface area (TPSA) is 59.5 Å². The Kier molecular flexibility index (Phi) is 6.98. The van der Waals surface area contributed by atoms with Gasteiger partial charge in [-0.1, -0.05) is 43.0 Å². The third-order valence-electron chi connectivity index (χ3n) is 4.89. The van der Waals surface area contributed by atoms with Gasteiger partial charge in [0.15, 0.2) is 6.61 Å². The Hall–Kier alpha value is -2.47. The van der Waals surface area contributed by atoms with Crippen LogP contribution in [0.3, 0.4) is 0 Å². The van der Waals surface area contributed by atoms with Gasteiger partial charge >= 0.3 is 5.97 Å². The lowest BCUT2D eigenvalue weighted by Crippen LogP contribution is -2.43. The molecule has 0 saturated heterocycles. The number of hydrogen-bond acceptors (Lipinski definition) is 4. The number of benzene rings is 1. The van der Waals surface area contributed by atoms with Crippen LogP contribution in [-0.2, 0) is 16.1 Å². The SMILES string of the molecule is O=C(OCC(=O)N(Cc1ccc(F)cc1)C1CCCCC1)c1ccc(Cl)nc1. The maximum atomic E-state index is 13.2. The van der Waals surface area contributed by atoms with Gasteiger partial charge in [0.25, 0.3) is 5.91 Å². The van der Waals surface area contributed by atoms with Crippen LogP contribution in [0.2, 0.25) is 5.15 Å². The minimum atomic E-state index is -0.622. The van der Waals surface area contributed by atoms with E-state index in [1.54, 1.807) is 17.0 Å². The predicted octanol–water partition coefficient (Wildman–Crippen LogP) is 4.39. The minimum absolute atomic E-state index is 0.0993. The molecule has 0 N–H and O–H groups in total. The van der Waals surface area contributed by atoms with Crippen molar-refractivity contribution < 1.29 is 18.7 Å². The first kappa shape index (κ1) is 20.3. The van der Waals surface area contributed by atoms with E-state index in [0.29, 0.717) is 6.54 Å². The summed E-state index contributed by atoms with van der Waals surface area (Å²) in [7, 11) is 0. The fraction of sp³-hybridized carbons (Fsp3) is 0.381. The third kappa shape index (κ3) is 5.52. The smallest absolute Gasteiger partial charge is 0.340 e. The van der Waals surface area contributed by atoms with Gasteiger partial charge in [-0.25, -0.2) is 14.2 Å². The summed E-state index contributed by atoms with van der Waals surface area (Å²) in [4.78, 5) is 30.6. The quantitative estimate of drug-likeness (QED) is 0.529. The molecule has 28 heavy (non-hydrogen) atoms. The van der Waals surface area contributed by atoms with Crippen molar-refractivity contribution in [3.8, 4) is 0 Å². The molecule has 0 radical (unpaired) electrons. The maximum Gasteiger partial charge on any atom is 0.340 e. The molecule has 1 aliphatic carbocycles. The Morgan fingerprint density at radius 1 is 1.11 bits per heavy atom. The number of carbonyl (C=O) groups excluding carboxylic acids is 2. The lowest BCUT2D eigenvalue weighted by Gasteiger charge is -2.34. The molecule has 1 saturated carbocycles. The average molecular weight is 405 g/mol. The van der Waals surface area contributed by atoms with Crippen LogP contribution in [0.15, 0.2) is 42.6 Å². The Balaban J connectivity index is 1.65. The molecule has 148 valence electrons. The molecule has 1 aromatic heterocycles. The van der Waals surface area contributed by atoms with Crippen molar-refractivity contribution in [2.24, 2.45) is 0 Å². The van der Waals surface area contributed by atoms with Gasteiger partial charge in [-0.05, 0) is 42.7 Å². The molecule has 1 aliphatic rings. The van der Waals surface area contributed by atoms with E-state index in [1.807, 2.05) is 0 Å². The van der Waals surface area contributed by atoms with Crippen molar-refractivity contribution in [2.45, 2.75) is 44.7 Å². The number of hydrogen-bond donors (Lipinski definition) is 0. The van der Waals surface area contributed by atoms with Crippen LogP contribution in [0, 0.1) is 5.82 Å². The Labute approximate surface area is 168 Å². The van der Waals surface area contributed by atoms with Crippen LogP contribution in [0.5, 0.6) is 0 Å². The number of halogens is 2. The van der Waals surface area contributed by atoms with Crippen LogP contribution < -0.4 is 0 Å². The van der Waals surface area contributed by atoms with Crippen LogP contribution in [0.4, 0.5) is 4.39 Å². The number of ether oxygens (including phenoxy) is 1. The molecule has 1 aromatic carbocycles. The summed E-state index contributed by atoms with van der Waals surface area (Å²) < 4.78 is 18.4. The van der Waals surface area contributed by atoms with E-state index >= 15 is 0 Å². The second kappa shape index (κ2) is 9.64. The Bertz CT molecular complexity index is 805. The van der Waals surface area contributed by atoms with E-state index in [2.05, 4.69) is 4.98 Å². The van der Waals surface area contributed by atoms with Crippen LogP contribution in [-0.4, -0.2) is 34.4 Å². The number of esters is 1. The number of pyridine rings is 1. The van der Waals surface area contributed by atoms with E-state index in [9.17, 15) is 14.0 Å². The summed E-state index contributed by atoms with van der Waals surface area (Å²) in [5.74, 6) is -1.20. The van der Waals surface area contributed by atoms with Crippen molar-refractivity contribution in [1.82, 2.24) is 9.88 Å². The minimum Gasteiger partial charge on any atom is -0.452 e. The number of rotatable bonds is 6. The van der Waals surface area contributed by atoms with Gasteiger partial charge in [0.05, 0.1) is 5.56 Å². The first-order valence-electron chi connectivity index (χ1n) is 9.35.